The van der Waals surface area contributed by atoms with E-state index in [0.717, 1.165) is 24.6 Å². The molecule has 4 heteroatoms. The van der Waals surface area contributed by atoms with Gasteiger partial charge in [0.1, 0.15) is 0 Å². The van der Waals surface area contributed by atoms with Gasteiger partial charge in [-0.3, -0.25) is 4.98 Å². The normalized spacial score (nSPS) is 10.8. The Bertz CT molecular complexity index is 447. The van der Waals surface area contributed by atoms with E-state index in [2.05, 4.69) is 33.7 Å². The molecule has 0 aromatic carbocycles. The van der Waals surface area contributed by atoms with Gasteiger partial charge in [-0.1, -0.05) is 6.07 Å². The average molecular weight is 230 g/mol. The fraction of sp³-hybridized carbons (Fsp3) is 0.385. The summed E-state index contributed by atoms with van der Waals surface area (Å²) < 4.78 is 2.12. The first kappa shape index (κ1) is 11.6. The van der Waals surface area contributed by atoms with Crippen LogP contribution < -0.4 is 5.32 Å². The summed E-state index contributed by atoms with van der Waals surface area (Å²) in [4.78, 5) is 8.59. The van der Waals surface area contributed by atoms with Gasteiger partial charge in [0.05, 0.1) is 0 Å². The molecule has 4 nitrogen and oxygen atoms in total. The number of hydrogen-bond donors (Lipinski definition) is 1. The van der Waals surface area contributed by atoms with Crippen LogP contribution in [0.5, 0.6) is 0 Å². The van der Waals surface area contributed by atoms with Gasteiger partial charge in [0.15, 0.2) is 0 Å². The van der Waals surface area contributed by atoms with E-state index >= 15 is 0 Å². The summed E-state index contributed by atoms with van der Waals surface area (Å²) in [6.07, 6.45) is 6.55. The molecule has 17 heavy (non-hydrogen) atoms. The number of hydrogen-bond acceptors (Lipinski definition) is 3. The van der Waals surface area contributed by atoms with Gasteiger partial charge < -0.3 is 9.88 Å². The van der Waals surface area contributed by atoms with E-state index in [1.54, 1.807) is 0 Å². The van der Waals surface area contributed by atoms with Crippen molar-refractivity contribution in [1.29, 1.82) is 0 Å². The molecule has 90 valence electrons. The second kappa shape index (κ2) is 5.48. The quantitative estimate of drug-likeness (QED) is 0.858. The van der Waals surface area contributed by atoms with E-state index in [4.69, 9.17) is 0 Å². The van der Waals surface area contributed by atoms with E-state index in [1.807, 2.05) is 36.8 Å². The Morgan fingerprint density at radius 2 is 2.12 bits per heavy atom. The summed E-state index contributed by atoms with van der Waals surface area (Å²) >= 11 is 0. The minimum absolute atomic E-state index is 0.426. The van der Waals surface area contributed by atoms with E-state index in [9.17, 15) is 0 Å². The molecule has 2 heterocycles. The number of imidazole rings is 1. The number of pyridine rings is 1. The molecule has 0 unspecified atom stereocenters. The second-order valence-electron chi connectivity index (χ2n) is 4.25. The molecule has 2 aromatic heterocycles. The van der Waals surface area contributed by atoms with Crippen molar-refractivity contribution in [1.82, 2.24) is 14.5 Å². The topological polar surface area (TPSA) is 42.7 Å². The Labute approximate surface area is 102 Å². The van der Waals surface area contributed by atoms with Crippen molar-refractivity contribution < 1.29 is 0 Å². The first-order chi connectivity index (χ1) is 8.27. The lowest BCUT2D eigenvalue weighted by molar-refractivity contribution is 0.604. The highest BCUT2D eigenvalue weighted by atomic mass is 15.2. The number of nitrogens with zero attached hydrogens (tertiary/aromatic N) is 3. The molecule has 0 bridgehead atoms. The molecule has 0 radical (unpaired) electrons. The molecule has 0 amide bonds. The van der Waals surface area contributed by atoms with Gasteiger partial charge >= 0.3 is 0 Å². The fourth-order valence-electron chi connectivity index (χ4n) is 1.72. The van der Waals surface area contributed by atoms with Crippen LogP contribution in [0.15, 0.2) is 36.8 Å². The molecule has 0 aliphatic rings. The van der Waals surface area contributed by atoms with Gasteiger partial charge in [0.2, 0.25) is 5.95 Å². The molecule has 0 spiro atoms. The van der Waals surface area contributed by atoms with Crippen LogP contribution in [0.4, 0.5) is 5.95 Å². The van der Waals surface area contributed by atoms with Gasteiger partial charge in [-0.15, -0.1) is 0 Å². The molecule has 0 aliphatic carbocycles. The molecule has 0 aliphatic heterocycles. The number of nitrogens with one attached hydrogen (secondary N) is 1. The van der Waals surface area contributed by atoms with Crippen molar-refractivity contribution >= 4 is 5.95 Å². The van der Waals surface area contributed by atoms with Crippen LogP contribution in [0.25, 0.3) is 0 Å². The number of anilines is 1. The summed E-state index contributed by atoms with van der Waals surface area (Å²) in [5.41, 5.74) is 1.10. The lowest BCUT2D eigenvalue weighted by Gasteiger charge is -2.12. The zero-order chi connectivity index (χ0) is 12.1. The maximum atomic E-state index is 4.30. The number of rotatable bonds is 5. The van der Waals surface area contributed by atoms with Crippen molar-refractivity contribution in [3.63, 3.8) is 0 Å². The van der Waals surface area contributed by atoms with E-state index in [0.29, 0.717) is 6.04 Å². The molecule has 2 rings (SSSR count). The van der Waals surface area contributed by atoms with Gasteiger partial charge in [-0.2, -0.15) is 0 Å². The minimum atomic E-state index is 0.426. The van der Waals surface area contributed by atoms with Gasteiger partial charge in [-0.05, 0) is 26.0 Å². The third-order valence-electron chi connectivity index (χ3n) is 2.62. The maximum Gasteiger partial charge on any atom is 0.203 e. The van der Waals surface area contributed by atoms with Gasteiger partial charge in [0, 0.05) is 43.3 Å². The Morgan fingerprint density at radius 1 is 1.24 bits per heavy atom. The van der Waals surface area contributed by atoms with Crippen molar-refractivity contribution in [2.45, 2.75) is 26.3 Å². The third kappa shape index (κ3) is 3.06. The molecular weight excluding hydrogens is 212 g/mol. The van der Waals surface area contributed by atoms with Crippen LogP contribution in [0.3, 0.4) is 0 Å². The van der Waals surface area contributed by atoms with Crippen LogP contribution >= 0.6 is 0 Å². The van der Waals surface area contributed by atoms with Gasteiger partial charge in [-0.25, -0.2) is 4.98 Å². The standard InChI is InChI=1S/C13H18N4/c1-11(2)17-10-9-16-13(17)15-8-6-12-5-3-4-7-14-12/h3-5,7,9-11H,6,8H2,1-2H3,(H,15,16). The second-order valence-corrected chi connectivity index (χ2v) is 4.25. The van der Waals surface area contributed by atoms with Crippen LogP contribution in [0.2, 0.25) is 0 Å². The van der Waals surface area contributed by atoms with Crippen LogP contribution in [0, 0.1) is 0 Å². The predicted octanol–water partition coefficient (Wildman–Crippen LogP) is 2.51. The lowest BCUT2D eigenvalue weighted by atomic mass is 10.3. The Balaban J connectivity index is 1.88. The van der Waals surface area contributed by atoms with Crippen molar-refractivity contribution in [2.75, 3.05) is 11.9 Å². The monoisotopic (exact) mass is 230 g/mol. The molecule has 0 saturated carbocycles. The Morgan fingerprint density at radius 3 is 2.82 bits per heavy atom. The molecule has 1 N–H and O–H groups in total. The summed E-state index contributed by atoms with van der Waals surface area (Å²) in [5, 5.41) is 3.33. The molecular formula is C13H18N4. The Kier molecular flexibility index (Phi) is 3.75. The van der Waals surface area contributed by atoms with E-state index in [-0.39, 0.29) is 0 Å². The smallest absolute Gasteiger partial charge is 0.203 e. The van der Waals surface area contributed by atoms with Crippen molar-refractivity contribution in [2.24, 2.45) is 0 Å². The Hall–Kier alpha value is -1.84. The third-order valence-corrected chi connectivity index (χ3v) is 2.62. The average Bonchev–Trinajstić information content (AvgIpc) is 2.79. The summed E-state index contributed by atoms with van der Waals surface area (Å²) in [6, 6.07) is 6.41. The fourth-order valence-corrected chi connectivity index (χ4v) is 1.72. The maximum absolute atomic E-state index is 4.30. The van der Waals surface area contributed by atoms with Crippen LogP contribution in [-0.2, 0) is 6.42 Å². The van der Waals surface area contributed by atoms with E-state index in [1.165, 1.54) is 0 Å². The predicted molar refractivity (Wildman–Crippen MR) is 69.0 cm³/mol. The lowest BCUT2D eigenvalue weighted by Crippen LogP contribution is -2.12. The van der Waals surface area contributed by atoms with Crippen molar-refractivity contribution in [3.05, 3.63) is 42.5 Å². The first-order valence-electron chi connectivity index (χ1n) is 5.94. The summed E-state index contributed by atoms with van der Waals surface area (Å²) in [7, 11) is 0. The highest BCUT2D eigenvalue weighted by molar-refractivity contribution is 5.26. The minimum Gasteiger partial charge on any atom is -0.355 e. The first-order valence-corrected chi connectivity index (χ1v) is 5.94. The van der Waals surface area contributed by atoms with Crippen molar-refractivity contribution in [3.8, 4) is 0 Å². The van der Waals surface area contributed by atoms with E-state index < -0.39 is 0 Å². The zero-order valence-electron chi connectivity index (χ0n) is 10.3. The number of aromatic nitrogens is 3. The molecule has 0 atom stereocenters. The van der Waals surface area contributed by atoms with Crippen LogP contribution in [-0.4, -0.2) is 21.1 Å². The molecule has 2 aromatic rings. The highest BCUT2D eigenvalue weighted by Crippen LogP contribution is 2.12. The largest absolute Gasteiger partial charge is 0.355 e. The van der Waals surface area contributed by atoms with Crippen LogP contribution in [0.1, 0.15) is 25.6 Å². The SMILES string of the molecule is CC(C)n1ccnc1NCCc1ccccn1. The molecule has 0 fully saturated rings. The highest BCUT2D eigenvalue weighted by Gasteiger charge is 2.04. The summed E-state index contributed by atoms with van der Waals surface area (Å²) in [6.45, 7) is 5.14. The molecule has 0 saturated heterocycles. The summed E-state index contributed by atoms with van der Waals surface area (Å²) in [5.74, 6) is 0.927. The van der Waals surface area contributed by atoms with Gasteiger partial charge in [0.25, 0.3) is 0 Å². The zero-order valence-corrected chi connectivity index (χ0v) is 10.3.